The lowest BCUT2D eigenvalue weighted by molar-refractivity contribution is 0.775. The van der Waals surface area contributed by atoms with Crippen molar-refractivity contribution in [2.75, 3.05) is 23.7 Å². The summed E-state index contributed by atoms with van der Waals surface area (Å²) in [7, 11) is 0. The number of aryl methyl sites for hydroxylation is 1. The van der Waals surface area contributed by atoms with E-state index < -0.39 is 0 Å². The highest BCUT2D eigenvalue weighted by atomic mass is 79.9. The van der Waals surface area contributed by atoms with Crippen molar-refractivity contribution in [3.05, 3.63) is 58.1 Å². The van der Waals surface area contributed by atoms with Crippen LogP contribution < -0.4 is 10.6 Å². The zero-order valence-electron chi connectivity index (χ0n) is 11.6. The monoisotopic (exact) mass is 330 g/mol. The van der Waals surface area contributed by atoms with E-state index >= 15 is 0 Å². The van der Waals surface area contributed by atoms with Gasteiger partial charge in [-0.1, -0.05) is 28.1 Å². The van der Waals surface area contributed by atoms with E-state index in [0.717, 1.165) is 18.8 Å². The molecule has 2 nitrogen and oxygen atoms in total. The number of nitrogens with zero attached hydrogens (tertiary/aromatic N) is 1. The summed E-state index contributed by atoms with van der Waals surface area (Å²) in [5.74, 6) is 0.611. The molecule has 2 aromatic rings. The Morgan fingerprint density at radius 1 is 1.15 bits per heavy atom. The van der Waals surface area contributed by atoms with Gasteiger partial charge in [-0.05, 0) is 54.8 Å². The third kappa shape index (κ3) is 2.68. The summed E-state index contributed by atoms with van der Waals surface area (Å²) in [5.41, 5.74) is 10.6. The van der Waals surface area contributed by atoms with Gasteiger partial charge < -0.3 is 10.6 Å². The van der Waals surface area contributed by atoms with E-state index in [-0.39, 0.29) is 0 Å². The van der Waals surface area contributed by atoms with Crippen molar-refractivity contribution in [3.63, 3.8) is 0 Å². The van der Waals surface area contributed by atoms with Gasteiger partial charge in [0.25, 0.3) is 0 Å². The smallest absolute Gasteiger partial charge is 0.0369 e. The molecule has 2 N–H and O–H groups in total. The van der Waals surface area contributed by atoms with Crippen LogP contribution in [-0.4, -0.2) is 13.1 Å². The zero-order valence-corrected chi connectivity index (χ0v) is 13.2. The van der Waals surface area contributed by atoms with Crippen LogP contribution in [0.15, 0.2) is 46.9 Å². The molecule has 0 radical (unpaired) electrons. The number of nitrogens with two attached hydrogens (primary N) is 1. The zero-order chi connectivity index (χ0) is 14.1. The van der Waals surface area contributed by atoms with Crippen LogP contribution >= 0.6 is 15.9 Å². The summed E-state index contributed by atoms with van der Waals surface area (Å²) in [4.78, 5) is 2.47. The Morgan fingerprint density at radius 3 is 2.60 bits per heavy atom. The van der Waals surface area contributed by atoms with Crippen molar-refractivity contribution < 1.29 is 0 Å². The fourth-order valence-electron chi connectivity index (χ4n) is 2.86. The minimum atomic E-state index is 0.611. The SMILES string of the molecule is Cc1cc(N2CCC(c3ccc(N)cc3)C2)ccc1Br. The van der Waals surface area contributed by atoms with Crippen LogP contribution in [0.25, 0.3) is 0 Å². The van der Waals surface area contributed by atoms with Crippen molar-refractivity contribution in [2.24, 2.45) is 0 Å². The lowest BCUT2D eigenvalue weighted by Gasteiger charge is -2.20. The molecule has 1 heterocycles. The van der Waals surface area contributed by atoms with Crippen LogP contribution in [0, 0.1) is 6.92 Å². The van der Waals surface area contributed by atoms with Gasteiger partial charge in [0.2, 0.25) is 0 Å². The molecule has 0 bridgehead atoms. The molecular formula is C17H19BrN2. The third-order valence-corrected chi connectivity index (χ3v) is 4.99. The molecule has 1 atom stereocenters. The highest BCUT2D eigenvalue weighted by Crippen LogP contribution is 2.32. The van der Waals surface area contributed by atoms with Crippen molar-refractivity contribution in [1.29, 1.82) is 0 Å². The molecule has 104 valence electrons. The van der Waals surface area contributed by atoms with Gasteiger partial charge in [-0.3, -0.25) is 0 Å². The average Bonchev–Trinajstić information content (AvgIpc) is 2.92. The number of nitrogen functional groups attached to an aromatic ring is 1. The Morgan fingerprint density at radius 2 is 1.90 bits per heavy atom. The number of hydrogen-bond donors (Lipinski definition) is 1. The van der Waals surface area contributed by atoms with E-state index in [1.54, 1.807) is 0 Å². The Kier molecular flexibility index (Phi) is 3.70. The number of benzene rings is 2. The number of hydrogen-bond acceptors (Lipinski definition) is 2. The van der Waals surface area contributed by atoms with Crippen LogP contribution in [-0.2, 0) is 0 Å². The Bertz CT molecular complexity index is 607. The number of rotatable bonds is 2. The van der Waals surface area contributed by atoms with Crippen LogP contribution in [0.1, 0.15) is 23.5 Å². The second-order valence-electron chi connectivity index (χ2n) is 5.53. The summed E-state index contributed by atoms with van der Waals surface area (Å²) in [6.07, 6.45) is 1.21. The predicted octanol–water partition coefficient (Wildman–Crippen LogP) is 4.33. The molecule has 20 heavy (non-hydrogen) atoms. The van der Waals surface area contributed by atoms with Gasteiger partial charge in [0.05, 0.1) is 0 Å². The van der Waals surface area contributed by atoms with E-state index in [2.05, 4.69) is 58.1 Å². The first-order chi connectivity index (χ1) is 9.63. The van der Waals surface area contributed by atoms with Gasteiger partial charge in [-0.2, -0.15) is 0 Å². The topological polar surface area (TPSA) is 29.3 Å². The van der Waals surface area contributed by atoms with Crippen molar-refractivity contribution in [2.45, 2.75) is 19.3 Å². The molecule has 0 aliphatic carbocycles. The molecule has 1 aliphatic rings. The first-order valence-corrected chi connectivity index (χ1v) is 7.79. The summed E-state index contributed by atoms with van der Waals surface area (Å²) >= 11 is 3.56. The number of anilines is 2. The Hall–Kier alpha value is -1.48. The van der Waals surface area contributed by atoms with E-state index in [1.165, 1.54) is 27.7 Å². The lowest BCUT2D eigenvalue weighted by Crippen LogP contribution is -2.19. The molecule has 1 fully saturated rings. The molecule has 0 saturated carbocycles. The normalized spacial score (nSPS) is 18.5. The van der Waals surface area contributed by atoms with E-state index in [4.69, 9.17) is 5.73 Å². The summed E-state index contributed by atoms with van der Waals surface area (Å²) < 4.78 is 1.18. The molecule has 0 spiro atoms. The summed E-state index contributed by atoms with van der Waals surface area (Å²) in [6, 6.07) is 14.9. The minimum absolute atomic E-state index is 0.611. The first-order valence-electron chi connectivity index (χ1n) is 7.00. The first kappa shape index (κ1) is 13.5. The quantitative estimate of drug-likeness (QED) is 0.830. The van der Waals surface area contributed by atoms with Gasteiger partial charge in [-0.15, -0.1) is 0 Å². The van der Waals surface area contributed by atoms with Crippen LogP contribution in [0.5, 0.6) is 0 Å². The van der Waals surface area contributed by atoms with E-state index in [9.17, 15) is 0 Å². The largest absolute Gasteiger partial charge is 0.399 e. The van der Waals surface area contributed by atoms with Crippen molar-refractivity contribution in [3.8, 4) is 0 Å². The maximum Gasteiger partial charge on any atom is 0.0369 e. The molecule has 0 aromatic heterocycles. The van der Waals surface area contributed by atoms with E-state index in [1.807, 2.05) is 12.1 Å². The predicted molar refractivity (Wildman–Crippen MR) is 89.3 cm³/mol. The highest BCUT2D eigenvalue weighted by Gasteiger charge is 2.24. The molecular weight excluding hydrogens is 312 g/mol. The van der Waals surface area contributed by atoms with Gasteiger partial charge in [0, 0.05) is 34.9 Å². The van der Waals surface area contributed by atoms with Crippen molar-refractivity contribution in [1.82, 2.24) is 0 Å². The molecule has 1 aliphatic heterocycles. The molecule has 3 heteroatoms. The van der Waals surface area contributed by atoms with Gasteiger partial charge in [0.15, 0.2) is 0 Å². The van der Waals surface area contributed by atoms with Crippen LogP contribution in [0.2, 0.25) is 0 Å². The Balaban J connectivity index is 1.76. The van der Waals surface area contributed by atoms with Crippen LogP contribution in [0.3, 0.4) is 0 Å². The maximum atomic E-state index is 5.76. The molecule has 0 amide bonds. The lowest BCUT2D eigenvalue weighted by atomic mass is 9.98. The minimum Gasteiger partial charge on any atom is -0.399 e. The highest BCUT2D eigenvalue weighted by molar-refractivity contribution is 9.10. The molecule has 2 aromatic carbocycles. The van der Waals surface area contributed by atoms with Crippen molar-refractivity contribution >= 4 is 27.3 Å². The third-order valence-electron chi connectivity index (χ3n) is 4.10. The second-order valence-corrected chi connectivity index (χ2v) is 6.39. The fourth-order valence-corrected chi connectivity index (χ4v) is 3.11. The molecule has 1 unspecified atom stereocenters. The Labute approximate surface area is 128 Å². The van der Waals surface area contributed by atoms with Gasteiger partial charge >= 0.3 is 0 Å². The summed E-state index contributed by atoms with van der Waals surface area (Å²) in [6.45, 7) is 4.35. The second kappa shape index (κ2) is 5.49. The van der Waals surface area contributed by atoms with Gasteiger partial charge in [-0.25, -0.2) is 0 Å². The fraction of sp³-hybridized carbons (Fsp3) is 0.294. The van der Waals surface area contributed by atoms with Crippen LogP contribution in [0.4, 0.5) is 11.4 Å². The summed E-state index contributed by atoms with van der Waals surface area (Å²) in [5, 5.41) is 0. The molecule has 3 rings (SSSR count). The number of halogens is 1. The molecule has 1 saturated heterocycles. The average molecular weight is 331 g/mol. The maximum absolute atomic E-state index is 5.76. The van der Waals surface area contributed by atoms with E-state index in [0.29, 0.717) is 5.92 Å². The van der Waals surface area contributed by atoms with Gasteiger partial charge in [0.1, 0.15) is 0 Å². The standard InChI is InChI=1S/C17H19BrN2/c1-12-10-16(6-7-17(12)18)20-9-8-14(11-20)13-2-4-15(19)5-3-13/h2-7,10,14H,8-9,11,19H2,1H3.